The van der Waals surface area contributed by atoms with Gasteiger partial charge in [0.1, 0.15) is 5.58 Å². The van der Waals surface area contributed by atoms with E-state index in [-0.39, 0.29) is 0 Å². The van der Waals surface area contributed by atoms with Crippen LogP contribution in [0, 0.1) is 0 Å². The van der Waals surface area contributed by atoms with Crippen molar-refractivity contribution in [2.75, 3.05) is 0 Å². The maximum Gasteiger partial charge on any atom is 0.178 e. The van der Waals surface area contributed by atoms with Crippen LogP contribution in [0.3, 0.4) is 0 Å². The van der Waals surface area contributed by atoms with Gasteiger partial charge in [-0.3, -0.25) is 0 Å². The van der Waals surface area contributed by atoms with E-state index in [0.29, 0.717) is 0 Å². The lowest BCUT2D eigenvalue weighted by molar-refractivity contribution is 0.632. The summed E-state index contributed by atoms with van der Waals surface area (Å²) in [6.45, 7) is 0. The first-order chi connectivity index (χ1) is 29.3. The molecule has 0 atom stereocenters. The van der Waals surface area contributed by atoms with E-state index < -0.39 is 0 Å². The molecule has 5 aromatic heterocycles. The van der Waals surface area contributed by atoms with Crippen LogP contribution in [0.1, 0.15) is 0 Å². The number of fused-ring (bicyclic) bond motifs is 16. The number of furan rings is 2. The lowest BCUT2D eigenvalue weighted by atomic mass is 9.96. The van der Waals surface area contributed by atoms with Gasteiger partial charge >= 0.3 is 0 Å². The lowest BCUT2D eigenvalue weighted by Gasteiger charge is -2.08. The second-order valence-electron chi connectivity index (χ2n) is 15.5. The molecule has 5 heteroatoms. The summed E-state index contributed by atoms with van der Waals surface area (Å²) in [6.07, 6.45) is 0. The van der Waals surface area contributed by atoms with Gasteiger partial charge in [0.05, 0.1) is 16.7 Å². The molecule has 14 aromatic rings. The van der Waals surface area contributed by atoms with Crippen molar-refractivity contribution in [3.05, 3.63) is 176 Å². The third kappa shape index (κ3) is 4.30. The molecule has 5 heterocycles. The molecule has 59 heavy (non-hydrogen) atoms. The van der Waals surface area contributed by atoms with Crippen LogP contribution in [0.15, 0.2) is 185 Å². The van der Waals surface area contributed by atoms with Crippen molar-refractivity contribution in [1.29, 1.82) is 0 Å². The molecule has 0 spiro atoms. The molecule has 0 fully saturated rings. The Labute approximate surface area is 344 Å². The summed E-state index contributed by atoms with van der Waals surface area (Å²) in [7, 11) is 0. The van der Waals surface area contributed by atoms with Gasteiger partial charge in [0.25, 0.3) is 0 Å². The Hall–Kier alpha value is -7.18. The quantitative estimate of drug-likeness (QED) is 0.179. The van der Waals surface area contributed by atoms with E-state index in [1.54, 1.807) is 0 Å². The second kappa shape index (κ2) is 11.7. The molecule has 0 amide bonds. The number of hydrogen-bond donors (Lipinski definition) is 0. The van der Waals surface area contributed by atoms with Crippen LogP contribution >= 0.6 is 22.7 Å². The van der Waals surface area contributed by atoms with Gasteiger partial charge in [-0.15, -0.1) is 22.7 Å². The first kappa shape index (κ1) is 31.9. The van der Waals surface area contributed by atoms with Crippen molar-refractivity contribution in [1.82, 2.24) is 4.57 Å². The van der Waals surface area contributed by atoms with Crippen LogP contribution in [-0.4, -0.2) is 4.57 Å². The Kier molecular flexibility index (Phi) is 6.32. The molecular formula is C54H29NO2S2. The minimum absolute atomic E-state index is 0.772. The Bertz CT molecular complexity index is 4040. The van der Waals surface area contributed by atoms with Crippen LogP contribution in [0.25, 0.3) is 134 Å². The minimum Gasteiger partial charge on any atom is -0.452 e. The predicted molar refractivity (Wildman–Crippen MR) is 252 cm³/mol. The zero-order valence-electron chi connectivity index (χ0n) is 31.3. The standard InChI is InChI=1S/C54H29NO2S2/c1-4-20-43-32(11-1)33-12-2-5-21-44(33)55(43)45-22-9-15-35-36-26-27-41-49-31(14-10-23-46(49)56-52(41)51(36)57-50(35)45)30-25-28-48-42(29-30)40-19-8-18-39(54(40)59-48)38-17-7-16-37-34-13-3-6-24-47(34)58-53(37)38/h1-29H. The first-order valence-electron chi connectivity index (χ1n) is 19.9. The highest BCUT2D eigenvalue weighted by atomic mass is 32.1. The Morgan fingerprint density at radius 1 is 0.356 bits per heavy atom. The number of para-hydroxylation sites is 3. The Balaban J connectivity index is 0.952. The zero-order chi connectivity index (χ0) is 38.3. The van der Waals surface area contributed by atoms with E-state index in [0.717, 1.165) is 66.2 Å². The van der Waals surface area contributed by atoms with E-state index in [1.165, 1.54) is 67.8 Å². The van der Waals surface area contributed by atoms with Gasteiger partial charge in [0.15, 0.2) is 16.7 Å². The highest BCUT2D eigenvalue weighted by Gasteiger charge is 2.22. The summed E-state index contributed by atoms with van der Waals surface area (Å²) in [4.78, 5) is 0. The van der Waals surface area contributed by atoms with Gasteiger partial charge in [-0.1, -0.05) is 121 Å². The SMILES string of the molecule is c1cc(-c2ccc3sc4c(-c5cccc6c5sc5ccccc56)cccc4c3c2)c2c(c1)oc1c2ccc2c3cccc(-n4c5ccccc5c5ccccc54)c3oc21. The lowest BCUT2D eigenvalue weighted by Crippen LogP contribution is -1.93. The summed E-state index contributed by atoms with van der Waals surface area (Å²) in [5, 5.41) is 11.9. The van der Waals surface area contributed by atoms with Crippen LogP contribution in [-0.2, 0) is 0 Å². The molecule has 0 N–H and O–H groups in total. The normalized spacial score (nSPS) is 12.4. The maximum absolute atomic E-state index is 6.97. The average molecular weight is 788 g/mol. The third-order valence-electron chi connectivity index (χ3n) is 12.4. The van der Waals surface area contributed by atoms with Crippen LogP contribution in [0.5, 0.6) is 0 Å². The van der Waals surface area contributed by atoms with Gasteiger partial charge in [0, 0.05) is 83.8 Å². The summed E-state index contributed by atoms with van der Waals surface area (Å²) < 4.78 is 21.4. The zero-order valence-corrected chi connectivity index (χ0v) is 33.0. The monoisotopic (exact) mass is 787 g/mol. The van der Waals surface area contributed by atoms with Gasteiger partial charge in [-0.05, 0) is 65.7 Å². The van der Waals surface area contributed by atoms with E-state index in [4.69, 9.17) is 8.83 Å². The number of hydrogen-bond acceptors (Lipinski definition) is 4. The van der Waals surface area contributed by atoms with Gasteiger partial charge in [-0.25, -0.2) is 0 Å². The molecule has 3 nitrogen and oxygen atoms in total. The summed E-state index contributed by atoms with van der Waals surface area (Å²) in [5.41, 5.74) is 11.5. The van der Waals surface area contributed by atoms with Crippen LogP contribution in [0.2, 0.25) is 0 Å². The molecular weight excluding hydrogens is 759 g/mol. The molecule has 14 rings (SSSR count). The van der Waals surface area contributed by atoms with Crippen molar-refractivity contribution >= 4 is 129 Å². The smallest absolute Gasteiger partial charge is 0.178 e. The van der Waals surface area contributed by atoms with Crippen LogP contribution < -0.4 is 0 Å². The fourth-order valence-corrected chi connectivity index (χ4v) is 12.3. The second-order valence-corrected chi connectivity index (χ2v) is 17.6. The van der Waals surface area contributed by atoms with E-state index in [2.05, 4.69) is 180 Å². The van der Waals surface area contributed by atoms with E-state index >= 15 is 0 Å². The summed E-state index contributed by atoms with van der Waals surface area (Å²) in [5.74, 6) is 0. The number of nitrogens with zero attached hydrogens (tertiary/aromatic N) is 1. The number of aromatic nitrogens is 1. The molecule has 0 radical (unpaired) electrons. The van der Waals surface area contributed by atoms with Gasteiger partial charge in [-0.2, -0.15) is 0 Å². The predicted octanol–water partition coefficient (Wildman–Crippen LogP) is 16.7. The molecule has 0 unspecified atom stereocenters. The topological polar surface area (TPSA) is 31.2 Å². The molecule has 0 aliphatic rings. The molecule has 0 aliphatic heterocycles. The van der Waals surface area contributed by atoms with Crippen molar-refractivity contribution in [3.63, 3.8) is 0 Å². The van der Waals surface area contributed by atoms with E-state index in [1.807, 2.05) is 22.7 Å². The molecule has 0 aliphatic carbocycles. The van der Waals surface area contributed by atoms with Crippen LogP contribution in [0.4, 0.5) is 0 Å². The van der Waals surface area contributed by atoms with E-state index in [9.17, 15) is 0 Å². The number of thiophene rings is 2. The van der Waals surface area contributed by atoms with Gasteiger partial charge < -0.3 is 13.4 Å². The fraction of sp³-hybridized carbons (Fsp3) is 0. The molecule has 0 bridgehead atoms. The van der Waals surface area contributed by atoms with Crippen molar-refractivity contribution in [2.24, 2.45) is 0 Å². The molecule has 0 saturated carbocycles. The maximum atomic E-state index is 6.97. The molecule has 0 saturated heterocycles. The Morgan fingerprint density at radius 2 is 0.915 bits per heavy atom. The van der Waals surface area contributed by atoms with Crippen molar-refractivity contribution in [3.8, 4) is 27.9 Å². The van der Waals surface area contributed by atoms with Gasteiger partial charge in [0.2, 0.25) is 0 Å². The van der Waals surface area contributed by atoms with Crippen molar-refractivity contribution in [2.45, 2.75) is 0 Å². The number of benzene rings is 9. The average Bonchev–Trinajstić information content (AvgIpc) is 4.11. The minimum atomic E-state index is 0.772. The molecule has 9 aromatic carbocycles. The number of rotatable bonds is 3. The summed E-state index contributed by atoms with van der Waals surface area (Å²) >= 11 is 3.78. The fourth-order valence-electron chi connectivity index (χ4n) is 9.86. The van der Waals surface area contributed by atoms with Crippen molar-refractivity contribution < 1.29 is 8.83 Å². The highest BCUT2D eigenvalue weighted by Crippen LogP contribution is 2.48. The third-order valence-corrected chi connectivity index (χ3v) is 14.9. The first-order valence-corrected chi connectivity index (χ1v) is 21.5. The largest absolute Gasteiger partial charge is 0.452 e. The summed E-state index contributed by atoms with van der Waals surface area (Å²) in [6, 6.07) is 63.8. The Morgan fingerprint density at radius 3 is 1.69 bits per heavy atom. The highest BCUT2D eigenvalue weighted by molar-refractivity contribution is 7.27. The molecule has 274 valence electrons.